The van der Waals surface area contributed by atoms with Crippen molar-refractivity contribution in [3.8, 4) is 5.75 Å². The highest BCUT2D eigenvalue weighted by Crippen LogP contribution is 2.30. The number of carbonyl (C=O) groups is 2. The first-order valence-corrected chi connectivity index (χ1v) is 11.0. The van der Waals surface area contributed by atoms with Crippen molar-refractivity contribution < 1.29 is 28.3 Å². The maximum Gasteiger partial charge on any atom is 0.341 e. The van der Waals surface area contributed by atoms with E-state index in [0.717, 1.165) is 25.3 Å². The molecule has 1 saturated heterocycles. The minimum Gasteiger partial charge on any atom is -0.492 e. The maximum atomic E-state index is 14.4. The second-order valence-electron chi connectivity index (χ2n) is 9.90. The van der Waals surface area contributed by atoms with E-state index in [-0.39, 0.29) is 22.3 Å². The van der Waals surface area contributed by atoms with Gasteiger partial charge in [0, 0.05) is 19.2 Å². The van der Waals surface area contributed by atoms with Gasteiger partial charge < -0.3 is 14.3 Å². The molecule has 0 radical (unpaired) electrons. The molecule has 0 bridgehead atoms. The highest BCUT2D eigenvalue weighted by molar-refractivity contribution is 6.32. The van der Waals surface area contributed by atoms with E-state index in [1.807, 2.05) is 20.8 Å². The Bertz CT molecular complexity index is 792. The van der Waals surface area contributed by atoms with Gasteiger partial charge >= 0.3 is 11.9 Å². The van der Waals surface area contributed by atoms with Gasteiger partial charge in [0.2, 0.25) is 0 Å². The summed E-state index contributed by atoms with van der Waals surface area (Å²) in [5.41, 5.74) is -1.48. The zero-order valence-corrected chi connectivity index (χ0v) is 20.0. The van der Waals surface area contributed by atoms with Crippen molar-refractivity contribution in [2.24, 2.45) is 11.3 Å². The Morgan fingerprint density at radius 3 is 2.29 bits per heavy atom. The van der Waals surface area contributed by atoms with Crippen LogP contribution in [0.1, 0.15) is 71.2 Å². The van der Waals surface area contributed by atoms with Crippen molar-refractivity contribution in [1.29, 1.82) is 0 Å². The van der Waals surface area contributed by atoms with Crippen LogP contribution in [-0.2, 0) is 14.4 Å². The fourth-order valence-corrected chi connectivity index (χ4v) is 3.23. The first-order chi connectivity index (χ1) is 14.3. The van der Waals surface area contributed by atoms with Gasteiger partial charge in [-0.05, 0) is 72.8 Å². The summed E-state index contributed by atoms with van der Waals surface area (Å²) in [5, 5.41) is 1.87. The lowest BCUT2D eigenvalue weighted by molar-refractivity contribution is -0.206. The average Bonchev–Trinajstić information content (AvgIpc) is 2.63. The van der Waals surface area contributed by atoms with Gasteiger partial charge in [0.25, 0.3) is 0 Å². The number of hydrogen-bond donors (Lipinski definition) is 0. The number of esters is 1. The van der Waals surface area contributed by atoms with Gasteiger partial charge in [-0.2, -0.15) is 0 Å². The molecule has 0 aromatic heterocycles. The van der Waals surface area contributed by atoms with E-state index in [9.17, 15) is 14.0 Å². The second kappa shape index (κ2) is 10.2. The van der Waals surface area contributed by atoms with E-state index in [2.05, 4.69) is 0 Å². The number of nitrogens with zero attached hydrogens (tertiary/aromatic N) is 1. The van der Waals surface area contributed by atoms with Crippen molar-refractivity contribution in [3.05, 3.63) is 28.5 Å². The molecule has 1 aliphatic rings. The van der Waals surface area contributed by atoms with Gasteiger partial charge in [0.05, 0.1) is 22.6 Å². The van der Waals surface area contributed by atoms with E-state index >= 15 is 0 Å². The summed E-state index contributed by atoms with van der Waals surface area (Å²) in [7, 11) is 0. The number of hydroxylamine groups is 2. The molecule has 2 rings (SSSR count). The lowest BCUT2D eigenvalue weighted by atomic mass is 9.95. The summed E-state index contributed by atoms with van der Waals surface area (Å²) in [6.45, 7) is 12.3. The largest absolute Gasteiger partial charge is 0.492 e. The van der Waals surface area contributed by atoms with Gasteiger partial charge in [0.15, 0.2) is 0 Å². The van der Waals surface area contributed by atoms with Gasteiger partial charge in [-0.1, -0.05) is 11.6 Å². The lowest BCUT2D eigenvalue weighted by Gasteiger charge is -2.32. The Labute approximate surface area is 188 Å². The molecular formula is C23H33ClFNO5. The van der Waals surface area contributed by atoms with Crippen molar-refractivity contribution >= 4 is 23.5 Å². The third-order valence-electron chi connectivity index (χ3n) is 4.82. The Balaban J connectivity index is 1.82. The smallest absolute Gasteiger partial charge is 0.341 e. The topological polar surface area (TPSA) is 65.1 Å². The molecule has 1 aliphatic heterocycles. The molecule has 174 valence electrons. The van der Waals surface area contributed by atoms with E-state index < -0.39 is 22.8 Å². The van der Waals surface area contributed by atoms with Crippen LogP contribution in [-0.4, -0.2) is 42.3 Å². The monoisotopic (exact) mass is 457 g/mol. The second-order valence-corrected chi connectivity index (χ2v) is 10.3. The molecular weight excluding hydrogens is 425 g/mol. The van der Waals surface area contributed by atoms with Gasteiger partial charge in [-0.3, -0.25) is 0 Å². The third-order valence-corrected chi connectivity index (χ3v) is 5.12. The summed E-state index contributed by atoms with van der Waals surface area (Å²) < 4.78 is 25.2. The molecule has 8 heteroatoms. The Morgan fingerprint density at radius 2 is 1.74 bits per heavy atom. The van der Waals surface area contributed by atoms with Crippen LogP contribution >= 0.6 is 11.6 Å². The molecule has 0 atom stereocenters. The standard InChI is InChI=1S/C23H33ClFNO5/c1-22(2,3)21(28)31-26-10-7-15(8-11-26)9-12-29-19-14-18(25)16(13-17(19)24)20(27)30-23(4,5)6/h13-15H,7-12H2,1-6H3. The Kier molecular flexibility index (Phi) is 8.34. The molecule has 0 aliphatic carbocycles. The first-order valence-electron chi connectivity index (χ1n) is 10.6. The predicted molar refractivity (Wildman–Crippen MR) is 117 cm³/mol. The molecule has 0 amide bonds. The fourth-order valence-electron chi connectivity index (χ4n) is 3.01. The van der Waals surface area contributed by atoms with Crippen LogP contribution in [0.15, 0.2) is 12.1 Å². The predicted octanol–water partition coefficient (Wildman–Crippen LogP) is 5.42. The number of hydrogen-bond acceptors (Lipinski definition) is 6. The fraction of sp³-hybridized carbons (Fsp3) is 0.652. The highest BCUT2D eigenvalue weighted by Gasteiger charge is 2.28. The lowest BCUT2D eigenvalue weighted by Crippen LogP contribution is -2.39. The van der Waals surface area contributed by atoms with Gasteiger partial charge in [0.1, 0.15) is 17.2 Å². The molecule has 1 heterocycles. The van der Waals surface area contributed by atoms with Crippen LogP contribution in [0.2, 0.25) is 5.02 Å². The zero-order valence-electron chi connectivity index (χ0n) is 19.2. The molecule has 0 saturated carbocycles. The average molecular weight is 458 g/mol. The highest BCUT2D eigenvalue weighted by atomic mass is 35.5. The maximum absolute atomic E-state index is 14.4. The Morgan fingerprint density at radius 1 is 1.13 bits per heavy atom. The summed E-state index contributed by atoms with van der Waals surface area (Å²) in [6.07, 6.45) is 2.52. The van der Waals surface area contributed by atoms with Crippen molar-refractivity contribution in [3.63, 3.8) is 0 Å². The molecule has 0 unspecified atom stereocenters. The quantitative estimate of drug-likeness (QED) is 0.531. The molecule has 1 aromatic carbocycles. The van der Waals surface area contributed by atoms with E-state index in [1.54, 1.807) is 25.8 Å². The Hall–Kier alpha value is -1.86. The number of ether oxygens (including phenoxy) is 2. The van der Waals surface area contributed by atoms with E-state index in [4.69, 9.17) is 25.9 Å². The molecule has 31 heavy (non-hydrogen) atoms. The minimum absolute atomic E-state index is 0.158. The SMILES string of the molecule is CC(C)(C)OC(=O)c1cc(Cl)c(OCCC2CCN(OC(=O)C(C)(C)C)CC2)cc1F. The minimum atomic E-state index is -0.766. The summed E-state index contributed by atoms with van der Waals surface area (Å²) in [5.74, 6) is -1.13. The van der Waals surface area contributed by atoms with E-state index in [1.165, 1.54) is 6.07 Å². The third kappa shape index (κ3) is 7.96. The van der Waals surface area contributed by atoms with Crippen molar-refractivity contribution in [2.75, 3.05) is 19.7 Å². The van der Waals surface area contributed by atoms with Crippen LogP contribution in [0.25, 0.3) is 0 Å². The normalized spacial score (nSPS) is 16.1. The van der Waals surface area contributed by atoms with Gasteiger partial charge in [-0.25, -0.2) is 14.0 Å². The summed E-state index contributed by atoms with van der Waals surface area (Å²) in [4.78, 5) is 29.5. The molecule has 1 fully saturated rings. The van der Waals surface area contributed by atoms with Crippen LogP contribution in [0, 0.1) is 17.2 Å². The van der Waals surface area contributed by atoms with Crippen LogP contribution in [0.4, 0.5) is 4.39 Å². The number of rotatable bonds is 6. The number of carbonyl (C=O) groups excluding carboxylic acids is 2. The zero-order chi connectivity index (χ0) is 23.4. The summed E-state index contributed by atoms with van der Waals surface area (Å²) in [6, 6.07) is 2.36. The molecule has 6 nitrogen and oxygen atoms in total. The first kappa shape index (κ1) is 25.4. The molecule has 0 spiro atoms. The van der Waals surface area contributed by atoms with Gasteiger partial charge in [-0.15, -0.1) is 5.06 Å². The van der Waals surface area contributed by atoms with Crippen molar-refractivity contribution in [2.45, 2.75) is 66.4 Å². The number of benzene rings is 1. The van der Waals surface area contributed by atoms with Crippen LogP contribution in [0.3, 0.4) is 0 Å². The van der Waals surface area contributed by atoms with Crippen molar-refractivity contribution in [1.82, 2.24) is 5.06 Å². The number of halogens is 2. The van der Waals surface area contributed by atoms with Crippen LogP contribution < -0.4 is 4.74 Å². The molecule has 1 aromatic rings. The number of piperidine rings is 1. The van der Waals surface area contributed by atoms with E-state index in [0.29, 0.717) is 25.6 Å². The van der Waals surface area contributed by atoms with Crippen LogP contribution in [0.5, 0.6) is 5.75 Å². The molecule has 0 N–H and O–H groups in total. The summed E-state index contributed by atoms with van der Waals surface area (Å²) >= 11 is 6.19.